The Kier molecular flexibility index (Phi) is 8.19. The van der Waals surface area contributed by atoms with Crippen LogP contribution in [0.15, 0.2) is 82.3 Å². The van der Waals surface area contributed by atoms with Crippen LogP contribution in [0.5, 0.6) is 0 Å². The molecule has 180 valence electrons. The van der Waals surface area contributed by atoms with E-state index in [9.17, 15) is 22.4 Å². The summed E-state index contributed by atoms with van der Waals surface area (Å²) in [5.74, 6) is -1.95. The molecule has 1 atom stereocenters. The maximum atomic E-state index is 14.8. The lowest BCUT2D eigenvalue weighted by Gasteiger charge is -2.33. The number of furan rings is 1. The van der Waals surface area contributed by atoms with Crippen molar-refractivity contribution >= 4 is 27.5 Å². The third kappa shape index (κ3) is 6.09. The lowest BCUT2D eigenvalue weighted by molar-refractivity contribution is -0.127. The van der Waals surface area contributed by atoms with Gasteiger partial charge in [0.05, 0.1) is 29.9 Å². The van der Waals surface area contributed by atoms with Gasteiger partial charge in [0.1, 0.15) is 17.6 Å². The summed E-state index contributed by atoms with van der Waals surface area (Å²) in [6, 6.07) is 15.3. The van der Waals surface area contributed by atoms with E-state index in [1.165, 1.54) is 42.7 Å². The largest absolute Gasteiger partial charge is 0.467 e. The molecule has 0 saturated heterocycles. The number of hydrogen-bond acceptors (Lipinski definition) is 5. The number of benzene rings is 2. The zero-order valence-corrected chi connectivity index (χ0v) is 19.6. The number of nitrogens with one attached hydrogen (secondary N) is 2. The fourth-order valence-electron chi connectivity index (χ4n) is 3.42. The van der Waals surface area contributed by atoms with Crippen LogP contribution in [0.4, 0.5) is 10.1 Å². The van der Waals surface area contributed by atoms with Crippen LogP contribution < -0.4 is 14.9 Å². The van der Waals surface area contributed by atoms with Gasteiger partial charge in [0.2, 0.25) is 21.8 Å². The number of amides is 2. The van der Waals surface area contributed by atoms with Crippen molar-refractivity contribution in [2.45, 2.75) is 31.3 Å². The third-order valence-electron chi connectivity index (χ3n) is 5.04. The van der Waals surface area contributed by atoms with Crippen molar-refractivity contribution in [3.05, 3.63) is 84.6 Å². The Hall–Kier alpha value is -3.50. The van der Waals surface area contributed by atoms with Crippen molar-refractivity contribution in [1.82, 2.24) is 10.0 Å². The standard InChI is InChI=1S/C24H26FN3O5S/c1-17(2)23(24(30)26-15-18-9-8-14-33-18)28(21-13-7-6-12-20(21)25)22(29)16-27-34(31,32)19-10-4-3-5-11-19/h3-14,17,23,27H,15-16H2,1-2H3,(H,26,30)/t23-/m0/s1. The average molecular weight is 488 g/mol. The van der Waals surface area contributed by atoms with Crippen molar-refractivity contribution in [3.63, 3.8) is 0 Å². The van der Waals surface area contributed by atoms with E-state index in [-0.39, 0.29) is 17.1 Å². The molecular weight excluding hydrogens is 461 g/mol. The smallest absolute Gasteiger partial charge is 0.243 e. The number of nitrogens with zero attached hydrogens (tertiary/aromatic N) is 1. The summed E-state index contributed by atoms with van der Waals surface area (Å²) in [5, 5.41) is 2.70. The Balaban J connectivity index is 1.88. The number of rotatable bonds is 10. The van der Waals surface area contributed by atoms with Gasteiger partial charge in [-0.05, 0) is 42.3 Å². The molecule has 2 amide bonds. The second kappa shape index (κ2) is 11.1. The average Bonchev–Trinajstić information content (AvgIpc) is 3.34. The van der Waals surface area contributed by atoms with Gasteiger partial charge in [-0.2, -0.15) is 0 Å². The summed E-state index contributed by atoms with van der Waals surface area (Å²) in [6.45, 7) is 2.84. The lowest BCUT2D eigenvalue weighted by atomic mass is 10.00. The van der Waals surface area contributed by atoms with E-state index in [0.29, 0.717) is 5.76 Å². The van der Waals surface area contributed by atoms with Gasteiger partial charge in [-0.1, -0.05) is 44.2 Å². The molecule has 10 heteroatoms. The zero-order valence-electron chi connectivity index (χ0n) is 18.8. The van der Waals surface area contributed by atoms with E-state index in [2.05, 4.69) is 10.0 Å². The van der Waals surface area contributed by atoms with Crippen molar-refractivity contribution in [1.29, 1.82) is 0 Å². The molecular formula is C24H26FN3O5S. The minimum atomic E-state index is -3.99. The number of anilines is 1. The van der Waals surface area contributed by atoms with E-state index in [1.54, 1.807) is 44.2 Å². The van der Waals surface area contributed by atoms with Crippen LogP contribution in [0.3, 0.4) is 0 Å². The molecule has 0 aliphatic carbocycles. The fraction of sp³-hybridized carbons (Fsp3) is 0.250. The monoisotopic (exact) mass is 487 g/mol. The summed E-state index contributed by atoms with van der Waals surface area (Å²) < 4.78 is 47.4. The second-order valence-corrected chi connectivity index (χ2v) is 9.61. The Morgan fingerprint density at radius 1 is 1.00 bits per heavy atom. The van der Waals surface area contributed by atoms with Gasteiger partial charge in [0.25, 0.3) is 0 Å². The van der Waals surface area contributed by atoms with Crippen LogP contribution >= 0.6 is 0 Å². The molecule has 0 aliphatic rings. The zero-order chi connectivity index (χ0) is 24.7. The Morgan fingerprint density at radius 3 is 2.29 bits per heavy atom. The molecule has 0 spiro atoms. The number of carbonyl (C=O) groups excluding carboxylic acids is 2. The highest BCUT2D eigenvalue weighted by Gasteiger charge is 2.35. The van der Waals surface area contributed by atoms with E-state index in [1.807, 2.05) is 0 Å². The first kappa shape index (κ1) is 25.1. The van der Waals surface area contributed by atoms with Gasteiger partial charge in [-0.15, -0.1) is 0 Å². The van der Waals surface area contributed by atoms with E-state index >= 15 is 0 Å². The summed E-state index contributed by atoms with van der Waals surface area (Å²) in [6.07, 6.45) is 1.47. The normalized spacial score (nSPS) is 12.4. The number of hydrogen-bond donors (Lipinski definition) is 2. The van der Waals surface area contributed by atoms with Crippen molar-refractivity contribution in [3.8, 4) is 0 Å². The minimum Gasteiger partial charge on any atom is -0.467 e. The predicted molar refractivity (Wildman–Crippen MR) is 125 cm³/mol. The molecule has 0 bridgehead atoms. The van der Waals surface area contributed by atoms with Gasteiger partial charge < -0.3 is 9.73 Å². The highest BCUT2D eigenvalue weighted by molar-refractivity contribution is 7.89. The summed E-state index contributed by atoms with van der Waals surface area (Å²) >= 11 is 0. The molecule has 2 aromatic carbocycles. The highest BCUT2D eigenvalue weighted by atomic mass is 32.2. The van der Waals surface area contributed by atoms with Crippen LogP contribution in [0.1, 0.15) is 19.6 Å². The molecule has 2 N–H and O–H groups in total. The summed E-state index contributed by atoms with van der Waals surface area (Å²) in [4.78, 5) is 27.4. The SMILES string of the molecule is CC(C)[C@@H](C(=O)NCc1ccco1)N(C(=O)CNS(=O)(=O)c1ccccc1)c1ccccc1F. The van der Waals surface area contributed by atoms with Crippen LogP contribution in [-0.2, 0) is 26.2 Å². The maximum absolute atomic E-state index is 14.8. The maximum Gasteiger partial charge on any atom is 0.243 e. The van der Waals surface area contributed by atoms with Crippen molar-refractivity contribution in [2.75, 3.05) is 11.4 Å². The molecule has 0 radical (unpaired) electrons. The lowest BCUT2D eigenvalue weighted by Crippen LogP contribution is -2.55. The molecule has 0 fully saturated rings. The summed E-state index contributed by atoms with van der Waals surface area (Å²) in [5.41, 5.74) is -0.127. The summed E-state index contributed by atoms with van der Waals surface area (Å²) in [7, 11) is -3.99. The topological polar surface area (TPSA) is 109 Å². The number of sulfonamides is 1. The Bertz CT molecular complexity index is 1210. The molecule has 0 unspecified atom stereocenters. The van der Waals surface area contributed by atoms with Gasteiger partial charge in [-0.3, -0.25) is 14.5 Å². The minimum absolute atomic E-state index is 0.0168. The quantitative estimate of drug-likeness (QED) is 0.457. The first-order valence-corrected chi connectivity index (χ1v) is 12.1. The van der Waals surface area contributed by atoms with Gasteiger partial charge >= 0.3 is 0 Å². The van der Waals surface area contributed by atoms with Gasteiger partial charge in [0.15, 0.2) is 0 Å². The Labute approximate surface area is 197 Å². The predicted octanol–water partition coefficient (Wildman–Crippen LogP) is 3.07. The first-order valence-electron chi connectivity index (χ1n) is 10.6. The van der Waals surface area contributed by atoms with Gasteiger partial charge in [-0.25, -0.2) is 17.5 Å². The molecule has 3 aromatic rings. The van der Waals surface area contributed by atoms with Crippen molar-refractivity contribution in [2.24, 2.45) is 5.92 Å². The van der Waals surface area contributed by atoms with E-state index in [4.69, 9.17) is 4.42 Å². The molecule has 0 aliphatic heterocycles. The van der Waals surface area contributed by atoms with Crippen LogP contribution in [0.25, 0.3) is 0 Å². The molecule has 3 rings (SSSR count). The number of halogens is 1. The van der Waals surface area contributed by atoms with Crippen LogP contribution in [0.2, 0.25) is 0 Å². The third-order valence-corrected chi connectivity index (χ3v) is 6.46. The Morgan fingerprint density at radius 2 is 1.68 bits per heavy atom. The number of para-hydroxylation sites is 1. The molecule has 8 nitrogen and oxygen atoms in total. The van der Waals surface area contributed by atoms with Gasteiger partial charge in [0, 0.05) is 0 Å². The van der Waals surface area contributed by atoms with E-state index < -0.39 is 46.2 Å². The highest BCUT2D eigenvalue weighted by Crippen LogP contribution is 2.25. The van der Waals surface area contributed by atoms with Crippen LogP contribution in [0, 0.1) is 11.7 Å². The van der Waals surface area contributed by atoms with Crippen molar-refractivity contribution < 1.29 is 26.8 Å². The van der Waals surface area contributed by atoms with E-state index in [0.717, 1.165) is 4.90 Å². The molecule has 1 aromatic heterocycles. The first-order chi connectivity index (χ1) is 16.2. The number of carbonyl (C=O) groups is 2. The second-order valence-electron chi connectivity index (χ2n) is 7.84. The molecule has 34 heavy (non-hydrogen) atoms. The van der Waals surface area contributed by atoms with Crippen LogP contribution in [-0.4, -0.2) is 32.8 Å². The fourth-order valence-corrected chi connectivity index (χ4v) is 4.42. The molecule has 1 heterocycles. The molecule has 0 saturated carbocycles.